The molecule has 1 aromatic carbocycles. The van der Waals surface area contributed by atoms with Crippen molar-refractivity contribution in [1.82, 2.24) is 5.32 Å². The number of aryl methyl sites for hydroxylation is 1. The van der Waals surface area contributed by atoms with Gasteiger partial charge >= 0.3 is 20.5 Å². The Balaban J connectivity index is 1.65. The second kappa shape index (κ2) is 14.0. The molecule has 0 saturated carbocycles. The van der Waals surface area contributed by atoms with Crippen LogP contribution in [0.2, 0.25) is 6.04 Å². The van der Waals surface area contributed by atoms with E-state index in [1.54, 1.807) is 6.07 Å². The summed E-state index contributed by atoms with van der Waals surface area (Å²) in [6.45, 7) is 10.2. The van der Waals surface area contributed by atoms with Crippen LogP contribution in [0.5, 0.6) is 5.75 Å². The van der Waals surface area contributed by atoms with Crippen molar-refractivity contribution < 1.29 is 32.0 Å². The van der Waals surface area contributed by atoms with Gasteiger partial charge in [-0.05, 0) is 51.8 Å². The van der Waals surface area contributed by atoms with Crippen LogP contribution < -0.4 is 15.7 Å². The minimum Gasteiger partial charge on any atom is -0.493 e. The predicted molar refractivity (Wildman–Crippen MR) is 127 cm³/mol. The summed E-state index contributed by atoms with van der Waals surface area (Å²) in [6.07, 6.45) is 0.717. The van der Waals surface area contributed by atoms with Crippen molar-refractivity contribution in [2.45, 2.75) is 46.6 Å². The molecule has 0 fully saturated rings. The van der Waals surface area contributed by atoms with Crippen LogP contribution in [-0.2, 0) is 18.0 Å². The van der Waals surface area contributed by atoms with Crippen molar-refractivity contribution in [2.75, 3.05) is 39.6 Å². The van der Waals surface area contributed by atoms with E-state index < -0.39 is 20.5 Å². The average Bonchev–Trinajstić information content (AvgIpc) is 2.77. The fourth-order valence-electron chi connectivity index (χ4n) is 3.36. The summed E-state index contributed by atoms with van der Waals surface area (Å²) < 4.78 is 33.5. The van der Waals surface area contributed by atoms with Gasteiger partial charge < -0.3 is 32.5 Å². The molecule has 0 aliphatic heterocycles. The minimum atomic E-state index is -2.69. The van der Waals surface area contributed by atoms with Crippen molar-refractivity contribution in [3.05, 3.63) is 40.2 Å². The molecule has 0 atom stereocenters. The van der Waals surface area contributed by atoms with Crippen LogP contribution in [0, 0.1) is 6.92 Å². The molecule has 0 spiro atoms. The Kier molecular flexibility index (Phi) is 11.4. The molecule has 0 aliphatic rings. The van der Waals surface area contributed by atoms with E-state index in [0.717, 1.165) is 10.9 Å². The number of fused-ring (bicyclic) bond motifs is 1. The molecule has 2 rings (SSSR count). The van der Waals surface area contributed by atoms with Gasteiger partial charge in [-0.25, -0.2) is 9.59 Å². The molecule has 0 unspecified atom stereocenters. The van der Waals surface area contributed by atoms with Crippen molar-refractivity contribution in [3.63, 3.8) is 0 Å². The first kappa shape index (κ1) is 26.8. The van der Waals surface area contributed by atoms with Gasteiger partial charge in [0.25, 0.3) is 0 Å². The molecule has 1 N–H and O–H groups in total. The van der Waals surface area contributed by atoms with Crippen LogP contribution in [0.1, 0.15) is 39.2 Å². The summed E-state index contributed by atoms with van der Waals surface area (Å²) >= 11 is 0. The van der Waals surface area contributed by atoms with Gasteiger partial charge in [-0.15, -0.1) is 0 Å². The van der Waals surface area contributed by atoms with E-state index >= 15 is 0 Å². The molecule has 1 aromatic heterocycles. The first-order valence-corrected chi connectivity index (χ1v) is 13.4. The highest BCUT2D eigenvalue weighted by Crippen LogP contribution is 2.22. The zero-order valence-electron chi connectivity index (χ0n) is 19.9. The normalized spacial score (nSPS) is 11.5. The van der Waals surface area contributed by atoms with E-state index in [2.05, 4.69) is 5.32 Å². The maximum Gasteiger partial charge on any atom is 0.500 e. The second-order valence-electron chi connectivity index (χ2n) is 7.26. The standard InChI is InChI=1S/C23H35NO8Si/c1-5-29-33(30-6-2,31-7-3)15-8-12-24-23(26)28-14-9-13-27-19-10-11-20-18(4)16-22(25)32-21(20)17-19/h10-11,16-17H,5-9,12-15H2,1-4H3,(H,24,26). The average molecular weight is 482 g/mol. The van der Waals surface area contributed by atoms with Crippen molar-refractivity contribution in [2.24, 2.45) is 0 Å². The number of nitrogens with one attached hydrogen (secondary N) is 1. The van der Waals surface area contributed by atoms with E-state index in [4.69, 9.17) is 27.2 Å². The highest BCUT2D eigenvalue weighted by atomic mass is 28.4. The molecule has 0 bridgehead atoms. The number of alkyl carbamates (subject to hydrolysis) is 1. The number of hydrogen-bond donors (Lipinski definition) is 1. The largest absolute Gasteiger partial charge is 0.500 e. The Morgan fingerprint density at radius 1 is 1.00 bits per heavy atom. The molecule has 33 heavy (non-hydrogen) atoms. The molecule has 9 nitrogen and oxygen atoms in total. The number of carbonyl (C=O) groups is 1. The number of ether oxygens (including phenoxy) is 2. The van der Waals surface area contributed by atoms with Gasteiger partial charge in [0.1, 0.15) is 11.3 Å². The molecule has 10 heteroatoms. The second-order valence-corrected chi connectivity index (χ2v) is 9.99. The fourth-order valence-corrected chi connectivity index (χ4v) is 5.97. The summed E-state index contributed by atoms with van der Waals surface area (Å²) in [5, 5.41) is 3.60. The van der Waals surface area contributed by atoms with Gasteiger partial charge in [0.2, 0.25) is 0 Å². The topological polar surface area (TPSA) is 105 Å². The Morgan fingerprint density at radius 2 is 1.70 bits per heavy atom. The Labute approximate surface area is 195 Å². The number of rotatable bonds is 15. The maximum absolute atomic E-state index is 11.9. The molecule has 0 radical (unpaired) electrons. The third-order valence-electron chi connectivity index (χ3n) is 4.74. The van der Waals surface area contributed by atoms with Gasteiger partial charge in [-0.2, -0.15) is 0 Å². The SMILES string of the molecule is CCO[Si](CCCNC(=O)OCCCOc1ccc2c(C)cc(=O)oc2c1)(OCC)OCC. The molecule has 2 aromatic rings. The van der Waals surface area contributed by atoms with Gasteiger partial charge in [-0.1, -0.05) is 0 Å². The van der Waals surface area contributed by atoms with Crippen molar-refractivity contribution >= 4 is 25.9 Å². The van der Waals surface area contributed by atoms with Crippen LogP contribution in [-0.4, -0.2) is 54.5 Å². The van der Waals surface area contributed by atoms with Gasteiger partial charge in [0.05, 0.1) is 13.2 Å². The molecule has 0 aliphatic carbocycles. The van der Waals surface area contributed by atoms with Crippen LogP contribution >= 0.6 is 0 Å². The third-order valence-corrected chi connectivity index (χ3v) is 7.89. The van der Waals surface area contributed by atoms with Crippen LogP contribution in [0.4, 0.5) is 4.79 Å². The number of benzene rings is 1. The van der Waals surface area contributed by atoms with Gasteiger partial charge in [-0.3, -0.25) is 0 Å². The van der Waals surface area contributed by atoms with E-state index in [0.29, 0.717) is 63.2 Å². The zero-order chi connectivity index (χ0) is 24.1. The summed E-state index contributed by atoms with van der Waals surface area (Å²) in [4.78, 5) is 23.4. The Morgan fingerprint density at radius 3 is 2.36 bits per heavy atom. The zero-order valence-corrected chi connectivity index (χ0v) is 20.9. The minimum absolute atomic E-state index is 0.225. The molecule has 1 amide bonds. The highest BCUT2D eigenvalue weighted by Gasteiger charge is 2.39. The lowest BCUT2D eigenvalue weighted by molar-refractivity contribution is 0.0706. The molecule has 184 valence electrons. The van der Waals surface area contributed by atoms with Crippen molar-refractivity contribution in [3.8, 4) is 5.75 Å². The fraction of sp³-hybridized carbons (Fsp3) is 0.565. The first-order valence-electron chi connectivity index (χ1n) is 11.4. The number of amides is 1. The summed E-state index contributed by atoms with van der Waals surface area (Å²) in [5.74, 6) is 0.589. The van der Waals surface area contributed by atoms with Crippen LogP contribution in [0.15, 0.2) is 33.5 Å². The van der Waals surface area contributed by atoms with Crippen LogP contribution in [0.3, 0.4) is 0 Å². The highest BCUT2D eigenvalue weighted by molar-refractivity contribution is 6.60. The molecule has 1 heterocycles. The van der Waals surface area contributed by atoms with E-state index in [1.165, 1.54) is 6.07 Å². The van der Waals surface area contributed by atoms with E-state index in [9.17, 15) is 9.59 Å². The Hall–Kier alpha value is -2.40. The summed E-state index contributed by atoms with van der Waals surface area (Å²) in [5.41, 5.74) is 0.949. The predicted octanol–water partition coefficient (Wildman–Crippen LogP) is 4.04. The molecule has 0 saturated heterocycles. The van der Waals surface area contributed by atoms with E-state index in [1.807, 2.05) is 39.8 Å². The third kappa shape index (κ3) is 8.80. The quantitative estimate of drug-likeness (QED) is 0.231. The lowest BCUT2D eigenvalue weighted by Crippen LogP contribution is -2.46. The first-order chi connectivity index (χ1) is 15.9. The lowest BCUT2D eigenvalue weighted by atomic mass is 10.1. The maximum atomic E-state index is 11.9. The van der Waals surface area contributed by atoms with Crippen molar-refractivity contribution in [1.29, 1.82) is 0 Å². The van der Waals surface area contributed by atoms with Crippen LogP contribution in [0.25, 0.3) is 11.0 Å². The smallest absolute Gasteiger partial charge is 0.493 e. The number of carbonyl (C=O) groups excluding carboxylic acids is 1. The molecular formula is C23H35NO8Si. The lowest BCUT2D eigenvalue weighted by Gasteiger charge is -2.28. The monoisotopic (exact) mass is 481 g/mol. The van der Waals surface area contributed by atoms with E-state index in [-0.39, 0.29) is 6.61 Å². The molecular weight excluding hydrogens is 446 g/mol. The van der Waals surface area contributed by atoms with Gasteiger partial charge in [0.15, 0.2) is 0 Å². The number of hydrogen-bond acceptors (Lipinski definition) is 8. The Bertz CT molecular complexity index is 915. The summed E-state index contributed by atoms with van der Waals surface area (Å²) in [6, 6.07) is 7.45. The van der Waals surface area contributed by atoms with Gasteiger partial charge in [0, 0.05) is 56.3 Å². The summed E-state index contributed by atoms with van der Waals surface area (Å²) in [7, 11) is -2.69.